The number of hydrogen-bond acceptors (Lipinski definition) is 2. The molecular weight excluding hydrogens is 305 g/mol. The molecule has 1 aromatic carbocycles. The third-order valence-electron chi connectivity index (χ3n) is 2.93. The molecule has 2 N–H and O–H groups in total. The molecule has 1 fully saturated rings. The molecule has 0 saturated heterocycles. The minimum absolute atomic E-state index is 0.0470. The topological polar surface area (TPSA) is 35.2 Å². The summed E-state index contributed by atoms with van der Waals surface area (Å²) in [5, 5.41) is 0. The van der Waals surface area contributed by atoms with Gasteiger partial charge in [0.15, 0.2) is 11.6 Å². The lowest BCUT2D eigenvalue weighted by Crippen LogP contribution is -2.21. The van der Waals surface area contributed by atoms with Gasteiger partial charge in [0.1, 0.15) is 0 Å². The van der Waals surface area contributed by atoms with E-state index in [0.29, 0.717) is 22.5 Å². The Morgan fingerprint density at radius 2 is 2.24 bits per heavy atom. The van der Waals surface area contributed by atoms with Crippen LogP contribution < -0.4 is 10.5 Å². The zero-order valence-corrected chi connectivity index (χ0v) is 11.6. The first-order valence-corrected chi connectivity index (χ1v) is 6.57. The fourth-order valence-corrected chi connectivity index (χ4v) is 2.38. The zero-order valence-electron chi connectivity index (χ0n) is 9.21. The summed E-state index contributed by atoms with van der Waals surface area (Å²) in [7, 11) is 0. The van der Waals surface area contributed by atoms with E-state index in [1.807, 2.05) is 0 Å². The summed E-state index contributed by atoms with van der Waals surface area (Å²) in [4.78, 5) is 0.502. The van der Waals surface area contributed by atoms with Crippen LogP contribution in [0.3, 0.4) is 0 Å². The second-order valence-electron chi connectivity index (χ2n) is 4.51. The van der Waals surface area contributed by atoms with E-state index >= 15 is 0 Å². The molecule has 2 rings (SSSR count). The van der Waals surface area contributed by atoms with Crippen molar-refractivity contribution in [3.05, 3.63) is 28.5 Å². The van der Waals surface area contributed by atoms with Gasteiger partial charge < -0.3 is 10.5 Å². The van der Waals surface area contributed by atoms with Crippen LogP contribution in [0.4, 0.5) is 4.39 Å². The van der Waals surface area contributed by atoms with Crippen molar-refractivity contribution < 1.29 is 9.13 Å². The van der Waals surface area contributed by atoms with Crippen molar-refractivity contribution in [1.82, 2.24) is 0 Å². The van der Waals surface area contributed by atoms with Crippen molar-refractivity contribution in [3.8, 4) is 5.75 Å². The Morgan fingerprint density at radius 1 is 1.53 bits per heavy atom. The molecule has 0 spiro atoms. The molecule has 1 aliphatic rings. The fourth-order valence-electron chi connectivity index (χ4n) is 1.74. The van der Waals surface area contributed by atoms with Crippen molar-refractivity contribution in [2.45, 2.75) is 19.3 Å². The third kappa shape index (κ3) is 3.39. The van der Waals surface area contributed by atoms with Crippen molar-refractivity contribution in [2.75, 3.05) is 6.61 Å². The molecule has 0 heterocycles. The zero-order chi connectivity index (χ0) is 12.5. The second kappa shape index (κ2) is 4.90. The molecule has 0 unspecified atom stereocenters. The highest BCUT2D eigenvalue weighted by atomic mass is 79.9. The van der Waals surface area contributed by atoms with Gasteiger partial charge in [-0.1, -0.05) is 28.1 Å². The average Bonchev–Trinajstić information content (AvgIpc) is 2.96. The molecule has 0 amide bonds. The number of nitrogens with two attached hydrogens (primary N) is 1. The maximum atomic E-state index is 13.5. The molecule has 17 heavy (non-hydrogen) atoms. The lowest BCUT2D eigenvalue weighted by molar-refractivity contribution is 0.230. The van der Waals surface area contributed by atoms with Crippen LogP contribution in [0.1, 0.15) is 19.3 Å². The summed E-state index contributed by atoms with van der Waals surface area (Å²) in [6, 6.07) is 4.77. The molecule has 5 heteroatoms. The van der Waals surface area contributed by atoms with Gasteiger partial charge in [-0.05, 0) is 31.0 Å². The molecule has 0 aliphatic heterocycles. The van der Waals surface area contributed by atoms with Crippen molar-refractivity contribution in [3.63, 3.8) is 0 Å². The largest absolute Gasteiger partial charge is 0.490 e. The molecule has 1 saturated carbocycles. The van der Waals surface area contributed by atoms with E-state index in [0.717, 1.165) is 12.8 Å². The third-order valence-corrected chi connectivity index (χ3v) is 3.57. The van der Waals surface area contributed by atoms with Crippen LogP contribution in [0, 0.1) is 11.2 Å². The first-order valence-electron chi connectivity index (χ1n) is 5.37. The smallest absolute Gasteiger partial charge is 0.166 e. The number of hydrogen-bond donors (Lipinski definition) is 1. The quantitative estimate of drug-likeness (QED) is 0.845. The summed E-state index contributed by atoms with van der Waals surface area (Å²) in [6.45, 7) is 0.475. The Hall–Kier alpha value is -0.680. The first kappa shape index (κ1) is 12.8. The lowest BCUT2D eigenvalue weighted by atomic mass is 10.0. The predicted octanol–water partition coefficient (Wildman–Crippen LogP) is 3.42. The van der Waals surface area contributed by atoms with Gasteiger partial charge in [0.25, 0.3) is 0 Å². The monoisotopic (exact) mass is 317 g/mol. The number of benzene rings is 1. The number of halogens is 2. The minimum atomic E-state index is -0.356. The highest BCUT2D eigenvalue weighted by molar-refractivity contribution is 9.10. The second-order valence-corrected chi connectivity index (χ2v) is 5.95. The molecule has 0 bridgehead atoms. The van der Waals surface area contributed by atoms with Crippen LogP contribution in [0.15, 0.2) is 22.7 Å². The Balaban J connectivity index is 1.96. The molecular formula is C12H13BrFNOS. The molecule has 0 aromatic heterocycles. The van der Waals surface area contributed by atoms with Gasteiger partial charge in [0.05, 0.1) is 11.6 Å². The molecule has 0 atom stereocenters. The van der Waals surface area contributed by atoms with E-state index < -0.39 is 0 Å². The van der Waals surface area contributed by atoms with E-state index in [4.69, 9.17) is 22.7 Å². The molecule has 1 aromatic rings. The molecule has 92 valence electrons. The van der Waals surface area contributed by atoms with Crippen LogP contribution in [-0.2, 0) is 0 Å². The molecule has 2 nitrogen and oxygen atoms in total. The van der Waals surface area contributed by atoms with Gasteiger partial charge in [0, 0.05) is 16.3 Å². The fraction of sp³-hybridized carbons (Fsp3) is 0.417. The van der Waals surface area contributed by atoms with Crippen molar-refractivity contribution in [1.29, 1.82) is 0 Å². The van der Waals surface area contributed by atoms with E-state index in [-0.39, 0.29) is 17.0 Å². The number of rotatable bonds is 5. The Bertz CT molecular complexity index is 448. The van der Waals surface area contributed by atoms with Crippen LogP contribution in [0.2, 0.25) is 0 Å². The summed E-state index contributed by atoms with van der Waals surface area (Å²) >= 11 is 8.10. The summed E-state index contributed by atoms with van der Waals surface area (Å²) < 4.78 is 19.7. The normalized spacial score (nSPS) is 16.6. The Morgan fingerprint density at radius 3 is 2.76 bits per heavy atom. The predicted molar refractivity (Wildman–Crippen MR) is 72.7 cm³/mol. The van der Waals surface area contributed by atoms with Gasteiger partial charge in [-0.2, -0.15) is 0 Å². The van der Waals surface area contributed by atoms with Crippen LogP contribution >= 0.6 is 28.1 Å². The number of thiocarbonyl (C=S) groups is 1. The van der Waals surface area contributed by atoms with Crippen molar-refractivity contribution >= 4 is 33.1 Å². The maximum Gasteiger partial charge on any atom is 0.166 e. The Labute approximate surface area is 113 Å². The van der Waals surface area contributed by atoms with E-state index in [1.165, 1.54) is 6.07 Å². The van der Waals surface area contributed by atoms with E-state index in [2.05, 4.69) is 15.9 Å². The average molecular weight is 318 g/mol. The highest BCUT2D eigenvalue weighted by Crippen LogP contribution is 2.49. The van der Waals surface area contributed by atoms with Gasteiger partial charge >= 0.3 is 0 Å². The van der Waals surface area contributed by atoms with Crippen molar-refractivity contribution in [2.24, 2.45) is 11.1 Å². The van der Waals surface area contributed by atoms with Gasteiger partial charge in [0.2, 0.25) is 0 Å². The minimum Gasteiger partial charge on any atom is -0.490 e. The van der Waals surface area contributed by atoms with E-state index in [9.17, 15) is 4.39 Å². The first-order chi connectivity index (χ1) is 8.01. The standard InChI is InChI=1S/C12H13BrFNOS/c13-8-1-2-10(9(14)5-8)16-7-12(3-4-12)6-11(15)17/h1-2,5H,3-4,6-7H2,(H2,15,17). The van der Waals surface area contributed by atoms with Gasteiger partial charge in [-0.3, -0.25) is 0 Å². The number of ether oxygens (including phenoxy) is 1. The van der Waals surface area contributed by atoms with Gasteiger partial charge in [-0.15, -0.1) is 0 Å². The van der Waals surface area contributed by atoms with Crippen LogP contribution in [0.5, 0.6) is 5.75 Å². The van der Waals surface area contributed by atoms with Crippen LogP contribution in [-0.4, -0.2) is 11.6 Å². The SMILES string of the molecule is NC(=S)CC1(COc2ccc(Br)cc2F)CC1. The summed E-state index contributed by atoms with van der Waals surface area (Å²) in [5.41, 5.74) is 5.58. The molecule has 1 aliphatic carbocycles. The molecule has 0 radical (unpaired) electrons. The van der Waals surface area contributed by atoms with Crippen LogP contribution in [0.25, 0.3) is 0 Å². The highest BCUT2D eigenvalue weighted by Gasteiger charge is 2.44. The summed E-state index contributed by atoms with van der Waals surface area (Å²) in [6.07, 6.45) is 2.77. The summed E-state index contributed by atoms with van der Waals surface area (Å²) in [5.74, 6) is -0.0760. The maximum absolute atomic E-state index is 13.5. The van der Waals surface area contributed by atoms with E-state index in [1.54, 1.807) is 12.1 Å². The Kier molecular flexibility index (Phi) is 3.68. The van der Waals surface area contributed by atoms with Gasteiger partial charge in [-0.25, -0.2) is 4.39 Å². The lowest BCUT2D eigenvalue weighted by Gasteiger charge is -2.15.